The number of benzene rings is 1. The van der Waals surface area contributed by atoms with Gasteiger partial charge in [-0.3, -0.25) is 0 Å². The average Bonchev–Trinajstić information content (AvgIpc) is 2.03. The first kappa shape index (κ1) is 9.65. The normalized spacial score (nSPS) is 9.92. The summed E-state index contributed by atoms with van der Waals surface area (Å²) in [5.74, 6) is 0. The van der Waals surface area contributed by atoms with Gasteiger partial charge in [0.15, 0.2) is 0 Å². The quantitative estimate of drug-likeness (QED) is 0.794. The molecule has 1 rings (SSSR count). The van der Waals surface area contributed by atoms with Gasteiger partial charge in [0, 0.05) is 18.1 Å². The van der Waals surface area contributed by atoms with Gasteiger partial charge in [-0.15, -0.1) is 0 Å². The van der Waals surface area contributed by atoms with Crippen LogP contribution in [0.15, 0.2) is 18.2 Å². The molecule has 1 aromatic rings. The topological polar surface area (TPSA) is 38.0 Å². The van der Waals surface area contributed by atoms with Gasteiger partial charge in [0.1, 0.15) is 0 Å². The zero-order chi connectivity index (χ0) is 8.97. The first-order valence-corrected chi connectivity index (χ1v) is 4.38. The molecule has 0 aromatic heterocycles. The Morgan fingerprint density at radius 3 is 2.67 bits per heavy atom. The third kappa shape index (κ3) is 2.55. The van der Waals surface area contributed by atoms with Crippen LogP contribution in [0.25, 0.3) is 0 Å². The molecule has 0 saturated heterocycles. The molecule has 1 aromatic carbocycles. The highest BCUT2D eigenvalue weighted by Crippen LogP contribution is 2.24. The van der Waals surface area contributed by atoms with E-state index >= 15 is 0 Å². The highest BCUT2D eigenvalue weighted by atomic mass is 35.5. The van der Waals surface area contributed by atoms with Crippen molar-refractivity contribution in [3.05, 3.63) is 28.2 Å². The van der Waals surface area contributed by atoms with Crippen molar-refractivity contribution in [1.82, 2.24) is 0 Å². The molecule has 0 saturated carbocycles. The van der Waals surface area contributed by atoms with E-state index in [1.807, 2.05) is 6.07 Å². The Hall–Kier alpha value is -0.440. The van der Waals surface area contributed by atoms with Crippen LogP contribution in [-0.4, -0.2) is 13.1 Å². The minimum atomic E-state index is 0.582. The number of anilines is 1. The Labute approximate surface area is 81.7 Å². The van der Waals surface area contributed by atoms with Crippen molar-refractivity contribution in [3.63, 3.8) is 0 Å². The predicted molar refractivity (Wildman–Crippen MR) is 54.0 cm³/mol. The number of nitrogens with two attached hydrogens (primary N) is 1. The Bertz CT molecular complexity index is 263. The van der Waals surface area contributed by atoms with Gasteiger partial charge in [-0.25, -0.2) is 0 Å². The minimum Gasteiger partial charge on any atom is -0.383 e. The lowest BCUT2D eigenvalue weighted by Gasteiger charge is -2.06. The van der Waals surface area contributed by atoms with Gasteiger partial charge in [0.05, 0.1) is 10.7 Å². The van der Waals surface area contributed by atoms with E-state index in [1.54, 1.807) is 12.1 Å². The van der Waals surface area contributed by atoms with E-state index in [1.165, 1.54) is 0 Å². The molecule has 4 heteroatoms. The number of hydrogen-bond acceptors (Lipinski definition) is 2. The predicted octanol–water partition coefficient (Wildman–Crippen LogP) is 2.36. The Morgan fingerprint density at radius 2 is 2.08 bits per heavy atom. The van der Waals surface area contributed by atoms with E-state index in [4.69, 9.17) is 28.9 Å². The summed E-state index contributed by atoms with van der Waals surface area (Å²) in [6, 6.07) is 5.31. The molecule has 0 atom stereocenters. The van der Waals surface area contributed by atoms with Crippen LogP contribution in [0.5, 0.6) is 0 Å². The Morgan fingerprint density at radius 1 is 1.33 bits per heavy atom. The van der Waals surface area contributed by atoms with Crippen molar-refractivity contribution >= 4 is 28.9 Å². The molecule has 0 radical (unpaired) electrons. The SMILES string of the molecule is NCCNc1ccc(Cl)cc1Cl. The largest absolute Gasteiger partial charge is 0.383 e. The second-order valence-electron chi connectivity index (χ2n) is 2.34. The molecular weight excluding hydrogens is 195 g/mol. The summed E-state index contributed by atoms with van der Waals surface area (Å²) in [5, 5.41) is 4.33. The third-order valence-corrected chi connectivity index (χ3v) is 1.94. The maximum absolute atomic E-state index is 5.88. The van der Waals surface area contributed by atoms with Crippen LogP contribution in [0.3, 0.4) is 0 Å². The van der Waals surface area contributed by atoms with Gasteiger partial charge in [-0.1, -0.05) is 23.2 Å². The van der Waals surface area contributed by atoms with E-state index in [9.17, 15) is 0 Å². The lowest BCUT2D eigenvalue weighted by atomic mass is 10.3. The van der Waals surface area contributed by atoms with Gasteiger partial charge in [0.25, 0.3) is 0 Å². The van der Waals surface area contributed by atoms with E-state index in [-0.39, 0.29) is 0 Å². The Kier molecular flexibility index (Phi) is 3.66. The molecule has 3 N–H and O–H groups in total. The Balaban J connectivity index is 2.72. The standard InChI is InChI=1S/C8H10Cl2N2/c9-6-1-2-8(7(10)5-6)12-4-3-11/h1-2,5,12H,3-4,11H2. The second-order valence-corrected chi connectivity index (χ2v) is 3.18. The van der Waals surface area contributed by atoms with Gasteiger partial charge in [0.2, 0.25) is 0 Å². The second kappa shape index (κ2) is 4.55. The lowest BCUT2D eigenvalue weighted by Crippen LogP contribution is -2.13. The van der Waals surface area contributed by atoms with Crippen molar-refractivity contribution in [2.75, 3.05) is 18.4 Å². The molecule has 2 nitrogen and oxygen atoms in total. The summed E-state index contributed by atoms with van der Waals surface area (Å²) in [5.41, 5.74) is 6.19. The van der Waals surface area contributed by atoms with Crippen LogP contribution >= 0.6 is 23.2 Å². The third-order valence-electron chi connectivity index (χ3n) is 1.39. The van der Waals surface area contributed by atoms with E-state index in [2.05, 4.69) is 5.32 Å². The number of halogens is 2. The van der Waals surface area contributed by atoms with Gasteiger partial charge in [-0.05, 0) is 18.2 Å². The molecule has 0 aliphatic rings. The smallest absolute Gasteiger partial charge is 0.0652 e. The average molecular weight is 205 g/mol. The molecule has 0 aliphatic carbocycles. The first-order valence-electron chi connectivity index (χ1n) is 3.63. The molecule has 66 valence electrons. The molecular formula is C8H10Cl2N2. The monoisotopic (exact) mass is 204 g/mol. The molecule has 0 bridgehead atoms. The van der Waals surface area contributed by atoms with Crippen molar-refractivity contribution in [3.8, 4) is 0 Å². The summed E-state index contributed by atoms with van der Waals surface area (Å²) < 4.78 is 0. The van der Waals surface area contributed by atoms with Gasteiger partial charge < -0.3 is 11.1 Å². The summed E-state index contributed by atoms with van der Waals surface area (Å²) in [4.78, 5) is 0. The number of hydrogen-bond donors (Lipinski definition) is 2. The van der Waals surface area contributed by atoms with Crippen LogP contribution in [-0.2, 0) is 0 Å². The van der Waals surface area contributed by atoms with E-state index in [0.717, 1.165) is 5.69 Å². The van der Waals surface area contributed by atoms with Crippen LogP contribution in [0.4, 0.5) is 5.69 Å². The van der Waals surface area contributed by atoms with Gasteiger partial charge in [-0.2, -0.15) is 0 Å². The zero-order valence-corrected chi connectivity index (χ0v) is 7.99. The highest BCUT2D eigenvalue weighted by Gasteiger charge is 1.98. The van der Waals surface area contributed by atoms with Crippen LogP contribution in [0.2, 0.25) is 10.0 Å². The molecule has 0 heterocycles. The van der Waals surface area contributed by atoms with Crippen LogP contribution < -0.4 is 11.1 Å². The fourth-order valence-corrected chi connectivity index (χ4v) is 1.31. The molecule has 0 amide bonds. The summed E-state index contributed by atoms with van der Waals surface area (Å²) in [6.45, 7) is 1.29. The summed E-state index contributed by atoms with van der Waals surface area (Å²) in [6.07, 6.45) is 0. The van der Waals surface area contributed by atoms with E-state index < -0.39 is 0 Å². The van der Waals surface area contributed by atoms with Crippen molar-refractivity contribution < 1.29 is 0 Å². The van der Waals surface area contributed by atoms with Crippen LogP contribution in [0, 0.1) is 0 Å². The van der Waals surface area contributed by atoms with E-state index in [0.29, 0.717) is 23.1 Å². The lowest BCUT2D eigenvalue weighted by molar-refractivity contribution is 1.02. The zero-order valence-electron chi connectivity index (χ0n) is 6.48. The number of rotatable bonds is 3. The maximum Gasteiger partial charge on any atom is 0.0652 e. The molecule has 0 unspecified atom stereocenters. The maximum atomic E-state index is 5.88. The fourth-order valence-electron chi connectivity index (χ4n) is 0.840. The van der Waals surface area contributed by atoms with Gasteiger partial charge >= 0.3 is 0 Å². The summed E-state index contributed by atoms with van der Waals surface area (Å²) >= 11 is 11.6. The number of nitrogens with one attached hydrogen (secondary N) is 1. The van der Waals surface area contributed by atoms with Crippen LogP contribution in [0.1, 0.15) is 0 Å². The minimum absolute atomic E-state index is 0.582. The van der Waals surface area contributed by atoms with Crippen molar-refractivity contribution in [1.29, 1.82) is 0 Å². The molecule has 12 heavy (non-hydrogen) atoms. The highest BCUT2D eigenvalue weighted by molar-refractivity contribution is 6.36. The summed E-state index contributed by atoms with van der Waals surface area (Å²) in [7, 11) is 0. The fraction of sp³-hybridized carbons (Fsp3) is 0.250. The molecule has 0 spiro atoms. The molecule has 0 fully saturated rings. The molecule has 0 aliphatic heterocycles. The van der Waals surface area contributed by atoms with Crippen molar-refractivity contribution in [2.24, 2.45) is 5.73 Å². The van der Waals surface area contributed by atoms with Crippen molar-refractivity contribution in [2.45, 2.75) is 0 Å². The first-order chi connectivity index (χ1) is 5.74.